The van der Waals surface area contributed by atoms with Crippen LogP contribution < -0.4 is 10.6 Å². The monoisotopic (exact) mass is 553 g/mol. The van der Waals surface area contributed by atoms with Gasteiger partial charge in [0.25, 0.3) is 0 Å². The zero-order chi connectivity index (χ0) is 27.7. The molecule has 1 fully saturated rings. The summed E-state index contributed by atoms with van der Waals surface area (Å²) in [4.78, 5) is 27.3. The standard InChI is InChI=1S/C26H29ClFN9O2/c1-13(2)22-32-24(39-36-22)25(38)37-7-5-16(6-8-37)17-11-19(28)20(9-14(17)3)30-26-29-12-18(27)23(33-26)31-21-10-15(4)34-35-21/h9-13,16H,5-8H2,1-4H3,(H3,29,30,31,33,34,35). The first-order valence-corrected chi connectivity index (χ1v) is 13.1. The molecule has 39 heavy (non-hydrogen) atoms. The minimum absolute atomic E-state index is 0.0112. The number of carbonyl (C=O) groups is 1. The summed E-state index contributed by atoms with van der Waals surface area (Å²) in [5.74, 6) is 1.11. The van der Waals surface area contributed by atoms with E-state index < -0.39 is 5.82 Å². The summed E-state index contributed by atoms with van der Waals surface area (Å²) < 4.78 is 20.4. The third-order valence-corrected chi connectivity index (χ3v) is 6.94. The Labute approximate surface area is 229 Å². The number of H-pyrrole nitrogens is 1. The van der Waals surface area contributed by atoms with Crippen molar-refractivity contribution in [2.75, 3.05) is 23.7 Å². The molecule has 4 heterocycles. The average molecular weight is 554 g/mol. The normalized spacial score (nSPS) is 14.2. The highest BCUT2D eigenvalue weighted by Gasteiger charge is 2.29. The molecule has 1 aliphatic heterocycles. The summed E-state index contributed by atoms with van der Waals surface area (Å²) in [6.45, 7) is 8.74. The van der Waals surface area contributed by atoms with E-state index in [-0.39, 0.29) is 35.3 Å². The lowest BCUT2D eigenvalue weighted by Gasteiger charge is -2.32. The summed E-state index contributed by atoms with van der Waals surface area (Å²) in [5, 5.41) is 17.1. The first-order chi connectivity index (χ1) is 18.7. The summed E-state index contributed by atoms with van der Waals surface area (Å²) in [5.41, 5.74) is 2.98. The molecule has 3 N–H and O–H groups in total. The molecule has 1 amide bonds. The van der Waals surface area contributed by atoms with Crippen LogP contribution >= 0.6 is 11.6 Å². The number of piperidine rings is 1. The van der Waals surface area contributed by atoms with Gasteiger partial charge < -0.3 is 20.1 Å². The fourth-order valence-corrected chi connectivity index (χ4v) is 4.69. The molecule has 0 aliphatic carbocycles. The molecule has 0 spiro atoms. The van der Waals surface area contributed by atoms with Gasteiger partial charge in [0, 0.05) is 30.8 Å². The van der Waals surface area contributed by atoms with Crippen LogP contribution in [-0.2, 0) is 0 Å². The van der Waals surface area contributed by atoms with Crippen LogP contribution in [0.15, 0.2) is 28.9 Å². The van der Waals surface area contributed by atoms with Gasteiger partial charge in [0.1, 0.15) is 10.8 Å². The van der Waals surface area contributed by atoms with Crippen LogP contribution in [0.5, 0.6) is 0 Å². The highest BCUT2D eigenvalue weighted by Crippen LogP contribution is 2.34. The SMILES string of the molecule is Cc1cc(Nc2nc(Nc3cc(C)c(C4CCN(C(=O)c5nc(C(C)C)no5)CC4)cc3F)ncc2Cl)n[nH]1. The number of amides is 1. The Morgan fingerprint density at radius 1 is 1.18 bits per heavy atom. The number of benzene rings is 1. The van der Waals surface area contributed by atoms with Gasteiger partial charge in [0.2, 0.25) is 5.95 Å². The van der Waals surface area contributed by atoms with Crippen LogP contribution in [0.4, 0.5) is 27.7 Å². The Morgan fingerprint density at radius 3 is 2.62 bits per heavy atom. The molecule has 1 saturated heterocycles. The maximum atomic E-state index is 15.2. The Balaban J connectivity index is 1.25. The molecule has 0 radical (unpaired) electrons. The van der Waals surface area contributed by atoms with Crippen molar-refractivity contribution in [1.82, 2.24) is 35.2 Å². The van der Waals surface area contributed by atoms with Crippen molar-refractivity contribution in [3.8, 4) is 0 Å². The lowest BCUT2D eigenvalue weighted by Crippen LogP contribution is -2.38. The maximum absolute atomic E-state index is 15.2. The third-order valence-electron chi connectivity index (χ3n) is 6.66. The van der Waals surface area contributed by atoms with Crippen molar-refractivity contribution < 1.29 is 13.7 Å². The van der Waals surface area contributed by atoms with Gasteiger partial charge >= 0.3 is 11.8 Å². The van der Waals surface area contributed by atoms with Crippen molar-refractivity contribution in [3.05, 3.63) is 63.8 Å². The summed E-state index contributed by atoms with van der Waals surface area (Å²) in [7, 11) is 0. The highest BCUT2D eigenvalue weighted by molar-refractivity contribution is 6.32. The average Bonchev–Trinajstić information content (AvgIpc) is 3.57. The predicted octanol–water partition coefficient (Wildman–Crippen LogP) is 5.62. The van der Waals surface area contributed by atoms with E-state index in [1.165, 1.54) is 6.20 Å². The zero-order valence-corrected chi connectivity index (χ0v) is 22.8. The van der Waals surface area contributed by atoms with Crippen molar-refractivity contribution in [2.24, 2.45) is 0 Å². The van der Waals surface area contributed by atoms with Crippen molar-refractivity contribution in [1.29, 1.82) is 0 Å². The number of aryl methyl sites for hydroxylation is 2. The maximum Gasteiger partial charge on any atom is 0.316 e. The van der Waals surface area contributed by atoms with Crippen LogP contribution in [0.1, 0.15) is 71.9 Å². The van der Waals surface area contributed by atoms with Crippen LogP contribution in [0.2, 0.25) is 5.02 Å². The largest absolute Gasteiger partial charge is 0.334 e. The van der Waals surface area contributed by atoms with Crippen molar-refractivity contribution in [2.45, 2.75) is 52.4 Å². The summed E-state index contributed by atoms with van der Waals surface area (Å²) in [6, 6.07) is 5.10. The van der Waals surface area contributed by atoms with Gasteiger partial charge in [0.15, 0.2) is 17.5 Å². The second kappa shape index (κ2) is 11.0. The van der Waals surface area contributed by atoms with E-state index in [9.17, 15) is 4.79 Å². The molecule has 3 aromatic heterocycles. The molecule has 0 saturated carbocycles. The summed E-state index contributed by atoms with van der Waals surface area (Å²) >= 11 is 6.23. The molecule has 0 atom stereocenters. The first-order valence-electron chi connectivity index (χ1n) is 12.7. The number of aromatic amines is 1. The number of carbonyl (C=O) groups excluding carboxylic acids is 1. The highest BCUT2D eigenvalue weighted by atomic mass is 35.5. The number of halogens is 2. The molecule has 204 valence electrons. The molecule has 1 aliphatic rings. The van der Waals surface area contributed by atoms with Crippen LogP contribution in [0.25, 0.3) is 0 Å². The smallest absolute Gasteiger partial charge is 0.316 e. The number of nitrogens with zero attached hydrogens (tertiary/aromatic N) is 6. The number of aromatic nitrogens is 6. The second-order valence-electron chi connectivity index (χ2n) is 9.94. The molecular formula is C26H29ClFN9O2. The number of hydrogen-bond donors (Lipinski definition) is 3. The molecule has 4 aromatic rings. The number of anilines is 4. The van der Waals surface area contributed by atoms with Gasteiger partial charge in [-0.25, -0.2) is 9.37 Å². The van der Waals surface area contributed by atoms with Gasteiger partial charge in [-0.05, 0) is 55.9 Å². The van der Waals surface area contributed by atoms with E-state index in [0.29, 0.717) is 48.4 Å². The van der Waals surface area contributed by atoms with E-state index in [0.717, 1.165) is 16.8 Å². The Morgan fingerprint density at radius 2 is 1.95 bits per heavy atom. The van der Waals surface area contributed by atoms with E-state index in [1.54, 1.807) is 23.1 Å². The fraction of sp³-hybridized carbons (Fsp3) is 0.385. The molecule has 1 aromatic carbocycles. The third kappa shape index (κ3) is 5.85. The van der Waals surface area contributed by atoms with Gasteiger partial charge in [-0.3, -0.25) is 9.89 Å². The van der Waals surface area contributed by atoms with E-state index in [1.807, 2.05) is 27.7 Å². The molecule has 0 unspecified atom stereocenters. The molecule has 11 nitrogen and oxygen atoms in total. The molecular weight excluding hydrogens is 525 g/mol. The number of rotatable bonds is 7. The summed E-state index contributed by atoms with van der Waals surface area (Å²) in [6.07, 6.45) is 2.84. The number of nitrogens with one attached hydrogen (secondary N) is 3. The minimum Gasteiger partial charge on any atom is -0.334 e. The Hall–Kier alpha value is -4.06. The minimum atomic E-state index is -0.419. The van der Waals surface area contributed by atoms with Crippen molar-refractivity contribution in [3.63, 3.8) is 0 Å². The first kappa shape index (κ1) is 26.5. The van der Waals surface area contributed by atoms with E-state index in [4.69, 9.17) is 16.1 Å². The lowest BCUT2D eigenvalue weighted by molar-refractivity contribution is 0.0662. The van der Waals surface area contributed by atoms with E-state index in [2.05, 4.69) is 40.9 Å². The second-order valence-corrected chi connectivity index (χ2v) is 10.4. The van der Waals surface area contributed by atoms with Crippen LogP contribution in [0.3, 0.4) is 0 Å². The molecule has 0 bridgehead atoms. The van der Waals surface area contributed by atoms with Crippen molar-refractivity contribution >= 4 is 40.8 Å². The van der Waals surface area contributed by atoms with Gasteiger partial charge in [-0.15, -0.1) is 0 Å². The number of hydrogen-bond acceptors (Lipinski definition) is 9. The van der Waals surface area contributed by atoms with Crippen LogP contribution in [0, 0.1) is 19.7 Å². The topological polar surface area (TPSA) is 138 Å². The quantitative estimate of drug-likeness (QED) is 0.266. The fourth-order valence-electron chi connectivity index (χ4n) is 4.56. The Kier molecular flexibility index (Phi) is 7.47. The lowest BCUT2D eigenvalue weighted by atomic mass is 9.86. The number of likely N-dealkylation sites (tertiary alicyclic amines) is 1. The molecule has 13 heteroatoms. The zero-order valence-electron chi connectivity index (χ0n) is 22.0. The Bertz CT molecular complexity index is 1490. The van der Waals surface area contributed by atoms with Gasteiger partial charge in [0.05, 0.1) is 11.9 Å². The van der Waals surface area contributed by atoms with Gasteiger partial charge in [-0.1, -0.05) is 30.6 Å². The predicted molar refractivity (Wildman–Crippen MR) is 144 cm³/mol. The van der Waals surface area contributed by atoms with E-state index >= 15 is 4.39 Å². The van der Waals surface area contributed by atoms with Crippen LogP contribution in [-0.4, -0.2) is 54.2 Å². The molecule has 5 rings (SSSR count). The van der Waals surface area contributed by atoms with Gasteiger partial charge in [-0.2, -0.15) is 15.1 Å².